The first-order chi connectivity index (χ1) is 8.33. The van der Waals surface area contributed by atoms with Gasteiger partial charge in [-0.25, -0.2) is 0 Å². The maximum absolute atomic E-state index is 5.98. The van der Waals surface area contributed by atoms with E-state index in [0.29, 0.717) is 5.15 Å². The van der Waals surface area contributed by atoms with E-state index in [9.17, 15) is 0 Å². The smallest absolute Gasteiger partial charge is 0.132 e. The fourth-order valence-electron chi connectivity index (χ4n) is 2.25. The van der Waals surface area contributed by atoms with Crippen molar-refractivity contribution in [3.8, 4) is 0 Å². The van der Waals surface area contributed by atoms with E-state index in [2.05, 4.69) is 32.5 Å². The molecule has 4 nitrogen and oxygen atoms in total. The van der Waals surface area contributed by atoms with Crippen LogP contribution in [-0.4, -0.2) is 41.3 Å². The van der Waals surface area contributed by atoms with E-state index in [-0.39, 0.29) is 0 Å². The zero-order chi connectivity index (χ0) is 11.7. The van der Waals surface area contributed by atoms with Gasteiger partial charge in [0.05, 0.1) is 5.52 Å². The third-order valence-electron chi connectivity index (χ3n) is 3.19. The van der Waals surface area contributed by atoms with E-state index < -0.39 is 0 Å². The molecule has 2 N–H and O–H groups in total. The molecule has 1 saturated heterocycles. The second-order valence-corrected chi connectivity index (χ2v) is 4.79. The van der Waals surface area contributed by atoms with Gasteiger partial charge in [-0.3, -0.25) is 10.00 Å². The van der Waals surface area contributed by atoms with Gasteiger partial charge in [0.25, 0.3) is 0 Å². The summed E-state index contributed by atoms with van der Waals surface area (Å²) in [6, 6.07) is 6.28. The summed E-state index contributed by atoms with van der Waals surface area (Å²) in [5.74, 6) is 0. The van der Waals surface area contributed by atoms with E-state index in [1.807, 2.05) is 6.07 Å². The van der Waals surface area contributed by atoms with Crippen LogP contribution in [0.2, 0.25) is 5.15 Å². The SMILES string of the molecule is Clc1[nH]nc2cc(CN3CCNCC3)ccc12. The molecular formula is C12H15ClN4. The molecule has 0 radical (unpaired) electrons. The molecule has 17 heavy (non-hydrogen) atoms. The van der Waals surface area contributed by atoms with Gasteiger partial charge in [0, 0.05) is 38.1 Å². The number of halogens is 1. The fourth-order valence-corrected chi connectivity index (χ4v) is 2.45. The summed E-state index contributed by atoms with van der Waals surface area (Å²) in [6.45, 7) is 5.37. The molecule has 1 aromatic heterocycles. The van der Waals surface area contributed by atoms with Gasteiger partial charge in [-0.05, 0) is 17.7 Å². The Balaban J connectivity index is 1.80. The Labute approximate surface area is 105 Å². The normalized spacial score (nSPS) is 17.7. The van der Waals surface area contributed by atoms with Gasteiger partial charge in [-0.15, -0.1) is 0 Å². The first-order valence-corrected chi connectivity index (χ1v) is 6.26. The van der Waals surface area contributed by atoms with E-state index in [1.54, 1.807) is 0 Å². The predicted octanol–water partition coefficient (Wildman–Crippen LogP) is 1.62. The summed E-state index contributed by atoms with van der Waals surface area (Å²) >= 11 is 5.98. The Hall–Kier alpha value is -1.10. The maximum Gasteiger partial charge on any atom is 0.132 e. The lowest BCUT2D eigenvalue weighted by Crippen LogP contribution is -2.42. The molecule has 3 rings (SSSR count). The second-order valence-electron chi connectivity index (χ2n) is 4.42. The Kier molecular flexibility index (Phi) is 3.01. The highest BCUT2D eigenvalue weighted by molar-refractivity contribution is 6.34. The minimum Gasteiger partial charge on any atom is -0.314 e. The third kappa shape index (κ3) is 2.29. The highest BCUT2D eigenvalue weighted by Crippen LogP contribution is 2.21. The van der Waals surface area contributed by atoms with Crippen molar-refractivity contribution in [1.82, 2.24) is 20.4 Å². The number of aromatic nitrogens is 2. The van der Waals surface area contributed by atoms with Crippen molar-refractivity contribution < 1.29 is 0 Å². The number of H-pyrrole nitrogens is 1. The van der Waals surface area contributed by atoms with Crippen LogP contribution in [0.15, 0.2) is 18.2 Å². The zero-order valence-electron chi connectivity index (χ0n) is 9.54. The number of hydrogen-bond acceptors (Lipinski definition) is 3. The van der Waals surface area contributed by atoms with Crippen LogP contribution < -0.4 is 5.32 Å². The maximum atomic E-state index is 5.98. The van der Waals surface area contributed by atoms with Crippen LogP contribution in [0.5, 0.6) is 0 Å². The molecule has 1 aromatic carbocycles. The summed E-state index contributed by atoms with van der Waals surface area (Å²) in [4.78, 5) is 2.45. The lowest BCUT2D eigenvalue weighted by atomic mass is 10.1. The zero-order valence-corrected chi connectivity index (χ0v) is 10.3. The van der Waals surface area contributed by atoms with Crippen molar-refractivity contribution in [2.45, 2.75) is 6.54 Å². The van der Waals surface area contributed by atoms with E-state index in [1.165, 1.54) is 5.56 Å². The number of benzene rings is 1. The molecular weight excluding hydrogens is 236 g/mol. The van der Waals surface area contributed by atoms with Gasteiger partial charge in [0.1, 0.15) is 5.15 Å². The number of aromatic amines is 1. The average Bonchev–Trinajstić information content (AvgIpc) is 2.72. The van der Waals surface area contributed by atoms with E-state index in [4.69, 9.17) is 11.6 Å². The van der Waals surface area contributed by atoms with Crippen molar-refractivity contribution in [2.24, 2.45) is 0 Å². The van der Waals surface area contributed by atoms with Crippen molar-refractivity contribution in [1.29, 1.82) is 0 Å². The lowest BCUT2D eigenvalue weighted by molar-refractivity contribution is 0.233. The van der Waals surface area contributed by atoms with Crippen molar-refractivity contribution in [3.63, 3.8) is 0 Å². The second kappa shape index (κ2) is 4.64. The standard InChI is InChI=1S/C12H15ClN4/c13-12-10-2-1-9(7-11(10)15-16-12)8-17-5-3-14-4-6-17/h1-2,7,14H,3-6,8H2,(H,15,16). The van der Waals surface area contributed by atoms with Gasteiger partial charge in [-0.2, -0.15) is 5.10 Å². The first kappa shape index (κ1) is 11.0. The number of nitrogens with zero attached hydrogens (tertiary/aromatic N) is 2. The highest BCUT2D eigenvalue weighted by Gasteiger charge is 2.11. The van der Waals surface area contributed by atoms with E-state index >= 15 is 0 Å². The molecule has 1 fully saturated rings. The summed E-state index contributed by atoms with van der Waals surface area (Å²) in [5, 5.41) is 12.0. The summed E-state index contributed by atoms with van der Waals surface area (Å²) < 4.78 is 0. The third-order valence-corrected chi connectivity index (χ3v) is 3.48. The minimum atomic E-state index is 0.619. The quantitative estimate of drug-likeness (QED) is 0.852. The molecule has 0 spiro atoms. The van der Waals surface area contributed by atoms with Crippen LogP contribution in [0.1, 0.15) is 5.56 Å². The Morgan fingerprint density at radius 2 is 2.12 bits per heavy atom. The topological polar surface area (TPSA) is 44.0 Å². The molecule has 0 unspecified atom stereocenters. The summed E-state index contributed by atoms with van der Waals surface area (Å²) in [5.41, 5.74) is 2.24. The van der Waals surface area contributed by atoms with Crippen molar-refractivity contribution in [3.05, 3.63) is 28.9 Å². The molecule has 90 valence electrons. The first-order valence-electron chi connectivity index (χ1n) is 5.88. The summed E-state index contributed by atoms with van der Waals surface area (Å²) in [7, 11) is 0. The Morgan fingerprint density at radius 3 is 2.94 bits per heavy atom. The van der Waals surface area contributed by atoms with Crippen molar-refractivity contribution >= 4 is 22.5 Å². The molecule has 2 heterocycles. The molecule has 5 heteroatoms. The van der Waals surface area contributed by atoms with Crippen LogP contribution in [0.25, 0.3) is 10.9 Å². The van der Waals surface area contributed by atoms with Crippen LogP contribution >= 0.6 is 11.6 Å². The average molecular weight is 251 g/mol. The van der Waals surface area contributed by atoms with Gasteiger partial charge < -0.3 is 5.32 Å². The summed E-state index contributed by atoms with van der Waals surface area (Å²) in [6.07, 6.45) is 0. The number of piperazine rings is 1. The van der Waals surface area contributed by atoms with Gasteiger partial charge in [-0.1, -0.05) is 17.7 Å². The monoisotopic (exact) mass is 250 g/mol. The fraction of sp³-hybridized carbons (Fsp3) is 0.417. The molecule has 0 amide bonds. The van der Waals surface area contributed by atoms with Crippen LogP contribution in [0.3, 0.4) is 0 Å². The Bertz CT molecular complexity index is 516. The van der Waals surface area contributed by atoms with Crippen LogP contribution in [-0.2, 0) is 6.54 Å². The number of hydrogen-bond donors (Lipinski definition) is 2. The van der Waals surface area contributed by atoms with Gasteiger partial charge in [0.2, 0.25) is 0 Å². The van der Waals surface area contributed by atoms with Crippen molar-refractivity contribution in [2.75, 3.05) is 26.2 Å². The number of rotatable bonds is 2. The predicted molar refractivity (Wildman–Crippen MR) is 69.3 cm³/mol. The number of nitrogens with one attached hydrogen (secondary N) is 2. The van der Waals surface area contributed by atoms with Gasteiger partial charge in [0.15, 0.2) is 0 Å². The highest BCUT2D eigenvalue weighted by atomic mass is 35.5. The molecule has 0 bridgehead atoms. The molecule has 0 atom stereocenters. The molecule has 1 aliphatic heterocycles. The Morgan fingerprint density at radius 1 is 1.29 bits per heavy atom. The van der Waals surface area contributed by atoms with E-state index in [0.717, 1.165) is 43.6 Å². The molecule has 0 saturated carbocycles. The molecule has 1 aliphatic rings. The van der Waals surface area contributed by atoms with Crippen LogP contribution in [0, 0.1) is 0 Å². The number of fused-ring (bicyclic) bond motifs is 1. The molecule has 2 aromatic rings. The molecule has 0 aliphatic carbocycles. The van der Waals surface area contributed by atoms with Gasteiger partial charge >= 0.3 is 0 Å². The van der Waals surface area contributed by atoms with Crippen LogP contribution in [0.4, 0.5) is 0 Å². The lowest BCUT2D eigenvalue weighted by Gasteiger charge is -2.27. The largest absolute Gasteiger partial charge is 0.314 e. The minimum absolute atomic E-state index is 0.619.